The van der Waals surface area contributed by atoms with Gasteiger partial charge >= 0.3 is 0 Å². The lowest BCUT2D eigenvalue weighted by Gasteiger charge is -2.44. The summed E-state index contributed by atoms with van der Waals surface area (Å²) in [5.41, 5.74) is 0. The van der Waals surface area contributed by atoms with Crippen molar-refractivity contribution in [3.05, 3.63) is 0 Å². The van der Waals surface area contributed by atoms with Crippen LogP contribution < -0.4 is 0 Å². The zero-order valence-corrected chi connectivity index (χ0v) is 16.4. The summed E-state index contributed by atoms with van der Waals surface area (Å²) in [5, 5.41) is 0. The van der Waals surface area contributed by atoms with Crippen LogP contribution >= 0.6 is 0 Å². The maximum Gasteiger partial charge on any atom is 0.137 e. The maximum absolute atomic E-state index is 14.8. The monoisotopic (exact) mass is 356 g/mol. The first kappa shape index (κ1) is 19.6. The first-order valence-electron chi connectivity index (χ1n) is 10.8. The fraction of sp³-hybridized carbons (Fsp3) is 1.00. The fourth-order valence-electron chi connectivity index (χ4n) is 6.14. The van der Waals surface area contributed by atoms with Gasteiger partial charge in [0.2, 0.25) is 0 Å². The Hall–Kier alpha value is -0.180. The van der Waals surface area contributed by atoms with Gasteiger partial charge in [0.1, 0.15) is 12.3 Å². The third-order valence-electron chi connectivity index (χ3n) is 8.08. The Labute approximate surface area is 153 Å². The number of ether oxygens (including phenoxy) is 1. The van der Waals surface area contributed by atoms with Crippen LogP contribution in [0.1, 0.15) is 78.1 Å². The van der Waals surface area contributed by atoms with Crippen molar-refractivity contribution < 1.29 is 13.5 Å². The highest BCUT2D eigenvalue weighted by Crippen LogP contribution is 2.47. The second kappa shape index (κ2) is 8.67. The van der Waals surface area contributed by atoms with E-state index in [9.17, 15) is 8.78 Å². The molecule has 3 rings (SSSR count). The zero-order valence-electron chi connectivity index (χ0n) is 16.4. The van der Waals surface area contributed by atoms with E-state index in [0.717, 1.165) is 43.4 Å². The number of hydrogen-bond acceptors (Lipinski definition) is 1. The summed E-state index contributed by atoms with van der Waals surface area (Å²) in [5.74, 6) is 2.76. The summed E-state index contributed by atoms with van der Waals surface area (Å²) in [7, 11) is 1.60. The predicted octanol–water partition coefficient (Wildman–Crippen LogP) is 6.36. The van der Waals surface area contributed by atoms with Crippen LogP contribution in [0.2, 0.25) is 0 Å². The third kappa shape index (κ3) is 4.39. The average molecular weight is 357 g/mol. The fourth-order valence-corrected chi connectivity index (χ4v) is 6.14. The van der Waals surface area contributed by atoms with Crippen molar-refractivity contribution in [2.45, 2.75) is 96.5 Å². The molecule has 0 radical (unpaired) electrons. The molecule has 0 spiro atoms. The summed E-state index contributed by atoms with van der Waals surface area (Å²) < 4.78 is 34.7. The van der Waals surface area contributed by atoms with Crippen LogP contribution in [0.3, 0.4) is 0 Å². The van der Waals surface area contributed by atoms with E-state index in [0.29, 0.717) is 5.92 Å². The molecule has 0 amide bonds. The Balaban J connectivity index is 1.49. The van der Waals surface area contributed by atoms with E-state index in [1.165, 1.54) is 38.5 Å². The van der Waals surface area contributed by atoms with Crippen molar-refractivity contribution in [2.75, 3.05) is 7.11 Å². The number of rotatable bonds is 4. The molecule has 3 fully saturated rings. The van der Waals surface area contributed by atoms with Crippen LogP contribution in [-0.4, -0.2) is 25.6 Å². The average Bonchev–Trinajstić information content (AvgIpc) is 2.64. The Kier molecular flexibility index (Phi) is 6.79. The van der Waals surface area contributed by atoms with Gasteiger partial charge in [0, 0.05) is 13.0 Å². The minimum atomic E-state index is -1.34. The lowest BCUT2D eigenvalue weighted by atomic mass is 9.64. The SMILES string of the molecule is COC(C)C1CC[C@@H](C2CCC(C3CCC(C)CC3)CC2)C(F)C1F. The van der Waals surface area contributed by atoms with E-state index >= 15 is 0 Å². The van der Waals surface area contributed by atoms with Gasteiger partial charge in [-0.25, -0.2) is 8.78 Å². The molecule has 3 saturated carbocycles. The van der Waals surface area contributed by atoms with E-state index in [1.807, 2.05) is 6.92 Å². The molecule has 5 atom stereocenters. The van der Waals surface area contributed by atoms with Crippen LogP contribution in [0.5, 0.6) is 0 Å². The van der Waals surface area contributed by atoms with Crippen molar-refractivity contribution in [3.63, 3.8) is 0 Å². The van der Waals surface area contributed by atoms with Crippen molar-refractivity contribution in [1.29, 1.82) is 0 Å². The molecule has 146 valence electrons. The van der Waals surface area contributed by atoms with Crippen molar-refractivity contribution >= 4 is 0 Å². The molecule has 3 heteroatoms. The molecule has 0 aromatic carbocycles. The van der Waals surface area contributed by atoms with Gasteiger partial charge in [-0.15, -0.1) is 0 Å². The van der Waals surface area contributed by atoms with Gasteiger partial charge in [0.05, 0.1) is 6.10 Å². The molecular weight excluding hydrogens is 318 g/mol. The van der Waals surface area contributed by atoms with E-state index in [1.54, 1.807) is 7.11 Å². The van der Waals surface area contributed by atoms with Gasteiger partial charge in [0.25, 0.3) is 0 Å². The molecule has 0 heterocycles. The minimum Gasteiger partial charge on any atom is -0.381 e. The van der Waals surface area contributed by atoms with Crippen molar-refractivity contribution in [2.24, 2.45) is 35.5 Å². The normalized spacial score (nSPS) is 47.4. The second-order valence-corrected chi connectivity index (χ2v) is 9.43. The van der Waals surface area contributed by atoms with E-state index in [-0.39, 0.29) is 17.9 Å². The molecule has 4 unspecified atom stereocenters. The van der Waals surface area contributed by atoms with Gasteiger partial charge in [-0.3, -0.25) is 0 Å². The smallest absolute Gasteiger partial charge is 0.137 e. The van der Waals surface area contributed by atoms with Gasteiger partial charge < -0.3 is 4.74 Å². The van der Waals surface area contributed by atoms with Crippen LogP contribution in [0, 0.1) is 35.5 Å². The molecular formula is C22H38F2O. The highest BCUT2D eigenvalue weighted by Gasteiger charge is 2.46. The Bertz CT molecular complexity index is 399. The van der Waals surface area contributed by atoms with Gasteiger partial charge in [-0.2, -0.15) is 0 Å². The molecule has 0 saturated heterocycles. The zero-order chi connectivity index (χ0) is 18.0. The van der Waals surface area contributed by atoms with Crippen LogP contribution in [-0.2, 0) is 4.74 Å². The van der Waals surface area contributed by atoms with Crippen molar-refractivity contribution in [3.8, 4) is 0 Å². The van der Waals surface area contributed by atoms with Crippen LogP contribution in [0.15, 0.2) is 0 Å². The molecule has 0 aromatic rings. The topological polar surface area (TPSA) is 9.23 Å². The summed E-state index contributed by atoms with van der Waals surface area (Å²) in [4.78, 5) is 0. The lowest BCUT2D eigenvalue weighted by Crippen LogP contribution is -2.45. The van der Waals surface area contributed by atoms with E-state index in [2.05, 4.69) is 6.92 Å². The summed E-state index contributed by atoms with van der Waals surface area (Å²) >= 11 is 0. The molecule has 25 heavy (non-hydrogen) atoms. The molecule has 0 bridgehead atoms. The second-order valence-electron chi connectivity index (χ2n) is 9.43. The molecule has 0 aromatic heterocycles. The highest BCUT2D eigenvalue weighted by molar-refractivity contribution is 4.94. The Morgan fingerprint density at radius 3 is 1.80 bits per heavy atom. The standard InChI is InChI=1S/C22H38F2O/c1-14-4-6-16(7-5-14)17-8-10-18(11-9-17)20-13-12-19(15(2)25-3)21(23)22(20)24/h14-22H,4-13H2,1-3H3/t14?,15?,16?,17?,18?,19?,20-,21?,22?/m0/s1. The quantitative estimate of drug-likeness (QED) is 0.570. The molecule has 0 N–H and O–H groups in total. The summed E-state index contributed by atoms with van der Waals surface area (Å²) in [6.45, 7) is 4.25. The van der Waals surface area contributed by atoms with Gasteiger partial charge in [0.15, 0.2) is 0 Å². The summed E-state index contributed by atoms with van der Waals surface area (Å²) in [6.07, 6.45) is 9.15. The largest absolute Gasteiger partial charge is 0.381 e. The van der Waals surface area contributed by atoms with Crippen LogP contribution in [0.4, 0.5) is 8.78 Å². The Morgan fingerprint density at radius 2 is 1.24 bits per heavy atom. The highest BCUT2D eigenvalue weighted by atomic mass is 19.2. The first-order valence-corrected chi connectivity index (χ1v) is 10.8. The number of halogens is 2. The minimum absolute atomic E-state index is 0.0531. The molecule has 1 nitrogen and oxygen atoms in total. The van der Waals surface area contributed by atoms with E-state index < -0.39 is 12.3 Å². The van der Waals surface area contributed by atoms with Gasteiger partial charge in [-0.05, 0) is 87.9 Å². The van der Waals surface area contributed by atoms with Gasteiger partial charge in [-0.1, -0.05) is 19.8 Å². The number of hydrogen-bond donors (Lipinski definition) is 0. The summed E-state index contributed by atoms with van der Waals surface area (Å²) in [6, 6.07) is 0. The Morgan fingerprint density at radius 1 is 0.720 bits per heavy atom. The molecule has 3 aliphatic carbocycles. The molecule has 3 aliphatic rings. The predicted molar refractivity (Wildman–Crippen MR) is 99.0 cm³/mol. The lowest BCUT2D eigenvalue weighted by molar-refractivity contribution is -0.0617. The molecule has 0 aliphatic heterocycles. The van der Waals surface area contributed by atoms with Crippen LogP contribution in [0.25, 0.3) is 0 Å². The van der Waals surface area contributed by atoms with E-state index in [4.69, 9.17) is 4.74 Å². The third-order valence-corrected chi connectivity index (χ3v) is 8.08. The first-order chi connectivity index (χ1) is 12.0. The number of methoxy groups -OCH3 is 1. The number of alkyl halides is 2. The van der Waals surface area contributed by atoms with Crippen molar-refractivity contribution in [1.82, 2.24) is 0 Å². The maximum atomic E-state index is 14.8.